The number of carbonyl (C=O) groups is 2. The summed E-state index contributed by atoms with van der Waals surface area (Å²) in [5.74, 6) is -0.310. The number of nitro benzene ring substituents is 1. The highest BCUT2D eigenvalue weighted by atomic mass is 32.1. The number of hydrogen-bond acceptors (Lipinski definition) is 6. The smallest absolute Gasteiger partial charge is 0.273 e. The number of nitrogens with one attached hydrogen (secondary N) is 2. The second-order valence-electron chi connectivity index (χ2n) is 7.83. The Labute approximate surface area is 197 Å². The van der Waals surface area contributed by atoms with Gasteiger partial charge >= 0.3 is 0 Å². The van der Waals surface area contributed by atoms with Gasteiger partial charge in [0.2, 0.25) is 5.91 Å². The normalized spacial score (nSPS) is 13.4. The van der Waals surface area contributed by atoms with E-state index in [0.717, 1.165) is 25.2 Å². The van der Waals surface area contributed by atoms with Crippen LogP contribution in [-0.4, -0.2) is 52.9 Å². The van der Waals surface area contributed by atoms with Crippen LogP contribution in [0.2, 0.25) is 0 Å². The third-order valence-corrected chi connectivity index (χ3v) is 5.69. The first-order valence-corrected chi connectivity index (χ1v) is 11.2. The van der Waals surface area contributed by atoms with Gasteiger partial charge in [-0.15, -0.1) is 0 Å². The predicted octanol–water partition coefficient (Wildman–Crippen LogP) is 3.48. The van der Waals surface area contributed by atoms with Crippen LogP contribution in [0.3, 0.4) is 0 Å². The van der Waals surface area contributed by atoms with Gasteiger partial charge in [0.05, 0.1) is 4.92 Å². The molecule has 2 amide bonds. The minimum atomic E-state index is -0.525. The number of hydrogen-bond donors (Lipinski definition) is 2. The number of piperazine rings is 1. The molecule has 2 aromatic rings. The highest BCUT2D eigenvalue weighted by Crippen LogP contribution is 2.21. The quantitative estimate of drug-likeness (QED) is 0.379. The van der Waals surface area contributed by atoms with Crippen LogP contribution in [0.25, 0.3) is 0 Å². The van der Waals surface area contributed by atoms with Gasteiger partial charge in [-0.25, -0.2) is 0 Å². The molecule has 3 rings (SSSR count). The molecule has 0 spiro atoms. The first kappa shape index (κ1) is 24.1. The average molecular weight is 470 g/mol. The van der Waals surface area contributed by atoms with Gasteiger partial charge in [-0.1, -0.05) is 13.0 Å². The molecular formula is C23H27N5O4S. The maximum Gasteiger partial charge on any atom is 0.273 e. The van der Waals surface area contributed by atoms with Crippen LogP contribution in [0.5, 0.6) is 0 Å². The summed E-state index contributed by atoms with van der Waals surface area (Å²) in [6.07, 6.45) is 1.46. The van der Waals surface area contributed by atoms with Crippen LogP contribution in [-0.2, 0) is 4.79 Å². The number of rotatable bonds is 6. The molecule has 1 heterocycles. The molecule has 33 heavy (non-hydrogen) atoms. The van der Waals surface area contributed by atoms with Gasteiger partial charge in [0.15, 0.2) is 5.11 Å². The molecule has 0 bridgehead atoms. The zero-order valence-corrected chi connectivity index (χ0v) is 19.5. The Bertz CT molecular complexity index is 1050. The summed E-state index contributed by atoms with van der Waals surface area (Å²) in [4.78, 5) is 39.2. The topological polar surface area (TPSA) is 108 Å². The molecule has 174 valence electrons. The van der Waals surface area contributed by atoms with Crippen molar-refractivity contribution >= 4 is 46.2 Å². The monoisotopic (exact) mass is 469 g/mol. The van der Waals surface area contributed by atoms with Gasteiger partial charge in [0.25, 0.3) is 11.6 Å². The highest BCUT2D eigenvalue weighted by molar-refractivity contribution is 7.80. The van der Waals surface area contributed by atoms with Crippen molar-refractivity contribution in [3.63, 3.8) is 0 Å². The number of nitrogens with zero attached hydrogens (tertiary/aromatic N) is 3. The number of benzene rings is 2. The van der Waals surface area contributed by atoms with E-state index in [4.69, 9.17) is 12.2 Å². The summed E-state index contributed by atoms with van der Waals surface area (Å²) >= 11 is 5.21. The lowest BCUT2D eigenvalue weighted by molar-refractivity contribution is -0.385. The zero-order chi connectivity index (χ0) is 24.0. The lowest BCUT2D eigenvalue weighted by Gasteiger charge is -2.36. The Morgan fingerprint density at radius 1 is 1.09 bits per heavy atom. The number of nitro groups is 1. The standard InChI is InChI=1S/C23H27N5O4S/c1-3-4-21(29)27-13-11-26(12-14-27)19-9-7-18(8-10-19)24-23(33)25-22(30)17-6-5-16(2)20(15-17)28(31)32/h5-10,15H,3-4,11-14H2,1-2H3,(H2,24,25,30,33). The van der Waals surface area contributed by atoms with Gasteiger partial charge in [-0.2, -0.15) is 0 Å². The van der Waals surface area contributed by atoms with Crippen molar-refractivity contribution in [3.05, 3.63) is 63.7 Å². The number of thiocarbonyl (C=S) groups is 1. The Hall–Kier alpha value is -3.53. The highest BCUT2D eigenvalue weighted by Gasteiger charge is 2.20. The Morgan fingerprint density at radius 2 is 1.76 bits per heavy atom. The van der Waals surface area contributed by atoms with E-state index in [1.54, 1.807) is 6.92 Å². The molecule has 1 aliphatic heterocycles. The molecule has 9 nitrogen and oxygen atoms in total. The van der Waals surface area contributed by atoms with Crippen molar-refractivity contribution in [1.29, 1.82) is 0 Å². The van der Waals surface area contributed by atoms with E-state index in [2.05, 4.69) is 15.5 Å². The number of carbonyl (C=O) groups excluding carboxylic acids is 2. The molecule has 2 aromatic carbocycles. The van der Waals surface area contributed by atoms with Gasteiger partial charge in [-0.3, -0.25) is 25.0 Å². The van der Waals surface area contributed by atoms with E-state index < -0.39 is 10.8 Å². The second-order valence-corrected chi connectivity index (χ2v) is 8.24. The van der Waals surface area contributed by atoms with E-state index in [0.29, 0.717) is 30.8 Å². The molecule has 0 atom stereocenters. The van der Waals surface area contributed by atoms with E-state index >= 15 is 0 Å². The van der Waals surface area contributed by atoms with Crippen molar-refractivity contribution < 1.29 is 14.5 Å². The minimum absolute atomic E-state index is 0.0963. The maximum atomic E-state index is 12.4. The van der Waals surface area contributed by atoms with Crippen molar-refractivity contribution in [2.45, 2.75) is 26.7 Å². The van der Waals surface area contributed by atoms with Crippen LogP contribution in [0.4, 0.5) is 17.1 Å². The first-order valence-electron chi connectivity index (χ1n) is 10.8. The Morgan fingerprint density at radius 3 is 2.36 bits per heavy atom. The van der Waals surface area contributed by atoms with Crippen molar-refractivity contribution in [3.8, 4) is 0 Å². The molecular weight excluding hydrogens is 442 g/mol. The van der Waals surface area contributed by atoms with Crippen molar-refractivity contribution in [2.24, 2.45) is 0 Å². The molecule has 0 saturated carbocycles. The molecule has 1 saturated heterocycles. The van der Waals surface area contributed by atoms with Gasteiger partial charge in [-0.05, 0) is 55.9 Å². The maximum absolute atomic E-state index is 12.4. The Balaban J connectivity index is 1.53. The van der Waals surface area contributed by atoms with Gasteiger partial charge in [0.1, 0.15) is 0 Å². The van der Waals surface area contributed by atoms with Crippen LogP contribution >= 0.6 is 12.2 Å². The summed E-state index contributed by atoms with van der Waals surface area (Å²) in [5.41, 5.74) is 2.27. The average Bonchev–Trinajstić information content (AvgIpc) is 2.80. The summed E-state index contributed by atoms with van der Waals surface area (Å²) < 4.78 is 0. The largest absolute Gasteiger partial charge is 0.368 e. The third-order valence-electron chi connectivity index (χ3n) is 5.48. The van der Waals surface area contributed by atoms with Crippen LogP contribution < -0.4 is 15.5 Å². The Kier molecular flexibility index (Phi) is 7.94. The minimum Gasteiger partial charge on any atom is -0.368 e. The van der Waals surface area contributed by atoms with Crippen LogP contribution in [0.1, 0.15) is 35.7 Å². The van der Waals surface area contributed by atoms with E-state index in [9.17, 15) is 19.7 Å². The fraction of sp³-hybridized carbons (Fsp3) is 0.348. The molecule has 1 aliphatic rings. The molecule has 0 aromatic heterocycles. The molecule has 0 aliphatic carbocycles. The van der Waals surface area contributed by atoms with Crippen molar-refractivity contribution in [2.75, 3.05) is 36.4 Å². The molecule has 1 fully saturated rings. The number of anilines is 2. The fourth-order valence-electron chi connectivity index (χ4n) is 3.63. The summed E-state index contributed by atoms with van der Waals surface area (Å²) in [6.45, 7) is 6.61. The number of amides is 2. The molecule has 10 heteroatoms. The lowest BCUT2D eigenvalue weighted by atomic mass is 10.1. The zero-order valence-electron chi connectivity index (χ0n) is 18.7. The van der Waals surface area contributed by atoms with Crippen LogP contribution in [0.15, 0.2) is 42.5 Å². The molecule has 0 unspecified atom stereocenters. The summed E-state index contributed by atoms with van der Waals surface area (Å²) in [5, 5.41) is 16.7. The number of aryl methyl sites for hydroxylation is 1. The second kappa shape index (κ2) is 10.9. The summed E-state index contributed by atoms with van der Waals surface area (Å²) in [6, 6.07) is 11.9. The van der Waals surface area contributed by atoms with E-state index in [1.165, 1.54) is 18.2 Å². The van der Waals surface area contributed by atoms with Gasteiger partial charge < -0.3 is 15.1 Å². The van der Waals surface area contributed by atoms with E-state index in [-0.39, 0.29) is 22.3 Å². The first-order chi connectivity index (χ1) is 15.8. The fourth-order valence-corrected chi connectivity index (χ4v) is 3.84. The molecule has 0 radical (unpaired) electrons. The SMILES string of the molecule is CCCC(=O)N1CCN(c2ccc(NC(=S)NC(=O)c3ccc(C)c([N+](=O)[O-])c3)cc2)CC1. The summed E-state index contributed by atoms with van der Waals surface area (Å²) in [7, 11) is 0. The third kappa shape index (κ3) is 6.26. The van der Waals surface area contributed by atoms with E-state index in [1.807, 2.05) is 36.1 Å². The van der Waals surface area contributed by atoms with Crippen molar-refractivity contribution in [1.82, 2.24) is 10.2 Å². The lowest BCUT2D eigenvalue weighted by Crippen LogP contribution is -2.48. The van der Waals surface area contributed by atoms with Crippen LogP contribution in [0, 0.1) is 17.0 Å². The predicted molar refractivity (Wildman–Crippen MR) is 132 cm³/mol. The van der Waals surface area contributed by atoms with Gasteiger partial charge in [0, 0.05) is 61.2 Å². The molecule has 2 N–H and O–H groups in total.